The van der Waals surface area contributed by atoms with Crippen molar-refractivity contribution in [2.45, 2.75) is 25.4 Å². The van der Waals surface area contributed by atoms with Crippen LogP contribution in [0, 0.1) is 0 Å². The number of carbonyl (C=O) groups is 1. The first-order valence-corrected chi connectivity index (χ1v) is 8.64. The summed E-state index contributed by atoms with van der Waals surface area (Å²) in [6.45, 7) is 5.96. The average Bonchev–Trinajstić information content (AvgIpc) is 3.18. The number of imidazole rings is 1. The Labute approximate surface area is 147 Å². The van der Waals surface area contributed by atoms with Gasteiger partial charge < -0.3 is 9.47 Å². The summed E-state index contributed by atoms with van der Waals surface area (Å²) in [6.07, 6.45) is 2.41. The minimum absolute atomic E-state index is 0.128. The van der Waals surface area contributed by atoms with E-state index < -0.39 is 0 Å². The summed E-state index contributed by atoms with van der Waals surface area (Å²) >= 11 is 0. The highest BCUT2D eigenvalue weighted by atomic mass is 16.2. The molecular weight excluding hydrogens is 310 g/mol. The zero-order chi connectivity index (χ0) is 17.2. The van der Waals surface area contributed by atoms with Gasteiger partial charge in [0.2, 0.25) is 5.91 Å². The fraction of sp³-hybridized carbons (Fsp3) is 0.238. The predicted octanol–water partition coefficient (Wildman–Crippen LogP) is 3.74. The van der Waals surface area contributed by atoms with Gasteiger partial charge in [0.05, 0.1) is 11.0 Å². The Hall–Kier alpha value is -2.88. The summed E-state index contributed by atoms with van der Waals surface area (Å²) in [5, 5.41) is 0. The molecule has 3 aromatic rings. The van der Waals surface area contributed by atoms with E-state index in [-0.39, 0.29) is 11.8 Å². The standard InChI is InChI=1S/C21H21N3O/c1-2-12-24-19-11-7-6-10-18(19)22-21(24)17-13-20(25)23(15-17)14-16-8-4-3-5-9-16/h2-11,17H,1,12-15H2/t17-/m1/s1. The molecule has 126 valence electrons. The molecule has 0 spiro atoms. The molecule has 1 saturated heterocycles. The van der Waals surface area contributed by atoms with Crippen LogP contribution in [0.4, 0.5) is 0 Å². The Bertz CT molecular complexity index is 913. The Morgan fingerprint density at radius 3 is 2.68 bits per heavy atom. The first kappa shape index (κ1) is 15.6. The summed E-state index contributed by atoms with van der Waals surface area (Å²) in [4.78, 5) is 19.3. The number of amides is 1. The van der Waals surface area contributed by atoms with Crippen molar-refractivity contribution in [1.29, 1.82) is 0 Å². The van der Waals surface area contributed by atoms with Gasteiger partial charge in [-0.25, -0.2) is 4.98 Å². The maximum Gasteiger partial charge on any atom is 0.223 e. The number of rotatable bonds is 5. The maximum atomic E-state index is 12.5. The monoisotopic (exact) mass is 331 g/mol. The van der Waals surface area contributed by atoms with E-state index in [1.807, 2.05) is 47.4 Å². The van der Waals surface area contributed by atoms with Gasteiger partial charge in [0.25, 0.3) is 0 Å². The molecule has 0 radical (unpaired) electrons. The van der Waals surface area contributed by atoms with Crippen LogP contribution in [0.1, 0.15) is 23.7 Å². The Morgan fingerprint density at radius 1 is 1.12 bits per heavy atom. The maximum absolute atomic E-state index is 12.5. The summed E-state index contributed by atoms with van der Waals surface area (Å²) in [5.74, 6) is 1.32. The lowest BCUT2D eigenvalue weighted by Gasteiger charge is -2.17. The summed E-state index contributed by atoms with van der Waals surface area (Å²) in [7, 11) is 0. The number of hydrogen-bond donors (Lipinski definition) is 0. The number of para-hydroxylation sites is 2. The Kier molecular flexibility index (Phi) is 4.10. The van der Waals surface area contributed by atoms with E-state index >= 15 is 0 Å². The third-order valence-electron chi connectivity index (χ3n) is 4.79. The number of carbonyl (C=O) groups excluding carboxylic acids is 1. The molecule has 0 unspecified atom stereocenters. The summed E-state index contributed by atoms with van der Waals surface area (Å²) < 4.78 is 2.19. The van der Waals surface area contributed by atoms with E-state index in [0.717, 1.165) is 22.4 Å². The van der Waals surface area contributed by atoms with E-state index in [9.17, 15) is 4.79 Å². The van der Waals surface area contributed by atoms with E-state index in [2.05, 4.69) is 29.3 Å². The van der Waals surface area contributed by atoms with Crippen LogP contribution < -0.4 is 0 Å². The molecule has 4 heteroatoms. The van der Waals surface area contributed by atoms with Crippen molar-refractivity contribution in [3.63, 3.8) is 0 Å². The van der Waals surface area contributed by atoms with Crippen LogP contribution in [0.15, 0.2) is 67.3 Å². The average molecular weight is 331 g/mol. The molecule has 0 bridgehead atoms. The van der Waals surface area contributed by atoms with E-state index in [1.165, 1.54) is 0 Å². The fourth-order valence-corrected chi connectivity index (χ4v) is 3.63. The molecule has 1 atom stereocenters. The molecule has 4 nitrogen and oxygen atoms in total. The fourth-order valence-electron chi connectivity index (χ4n) is 3.63. The highest BCUT2D eigenvalue weighted by Gasteiger charge is 2.33. The van der Waals surface area contributed by atoms with Crippen LogP contribution in [0.5, 0.6) is 0 Å². The number of hydrogen-bond acceptors (Lipinski definition) is 2. The van der Waals surface area contributed by atoms with Gasteiger partial charge in [-0.1, -0.05) is 48.5 Å². The van der Waals surface area contributed by atoms with Gasteiger partial charge in [-0.15, -0.1) is 6.58 Å². The van der Waals surface area contributed by atoms with Crippen LogP contribution >= 0.6 is 0 Å². The predicted molar refractivity (Wildman–Crippen MR) is 99.1 cm³/mol. The minimum Gasteiger partial charge on any atom is -0.338 e. The van der Waals surface area contributed by atoms with Gasteiger partial charge in [0.15, 0.2) is 0 Å². The van der Waals surface area contributed by atoms with Gasteiger partial charge in [-0.05, 0) is 17.7 Å². The van der Waals surface area contributed by atoms with Crippen LogP contribution in [-0.4, -0.2) is 26.9 Å². The molecule has 4 rings (SSSR count). The number of nitrogens with zero attached hydrogens (tertiary/aromatic N) is 3. The van der Waals surface area contributed by atoms with Crippen molar-refractivity contribution in [2.75, 3.05) is 6.54 Å². The molecule has 1 fully saturated rings. The van der Waals surface area contributed by atoms with E-state index in [0.29, 0.717) is 26.1 Å². The van der Waals surface area contributed by atoms with E-state index in [1.54, 1.807) is 0 Å². The number of aromatic nitrogens is 2. The zero-order valence-corrected chi connectivity index (χ0v) is 14.1. The second-order valence-electron chi connectivity index (χ2n) is 6.52. The first-order valence-electron chi connectivity index (χ1n) is 8.64. The molecule has 25 heavy (non-hydrogen) atoms. The molecule has 0 aliphatic carbocycles. The smallest absolute Gasteiger partial charge is 0.223 e. The van der Waals surface area contributed by atoms with Gasteiger partial charge in [-0.3, -0.25) is 4.79 Å². The van der Waals surface area contributed by atoms with Crippen molar-refractivity contribution >= 4 is 16.9 Å². The minimum atomic E-state index is 0.128. The van der Waals surface area contributed by atoms with Crippen molar-refractivity contribution in [2.24, 2.45) is 0 Å². The molecule has 1 aliphatic heterocycles. The molecule has 2 aromatic carbocycles. The summed E-state index contributed by atoms with van der Waals surface area (Å²) in [6, 6.07) is 18.3. The molecule has 1 aliphatic rings. The SMILES string of the molecule is C=CCn1c([C@@H]2CC(=O)N(Cc3ccccc3)C2)nc2ccccc21. The number of allylic oxidation sites excluding steroid dienone is 1. The number of benzene rings is 2. The third kappa shape index (κ3) is 2.95. The van der Waals surface area contributed by atoms with Gasteiger partial charge >= 0.3 is 0 Å². The van der Waals surface area contributed by atoms with Crippen LogP contribution in [0.3, 0.4) is 0 Å². The van der Waals surface area contributed by atoms with Gasteiger partial charge in [-0.2, -0.15) is 0 Å². The highest BCUT2D eigenvalue weighted by molar-refractivity contribution is 5.81. The van der Waals surface area contributed by atoms with E-state index in [4.69, 9.17) is 4.98 Å². The van der Waals surface area contributed by atoms with Crippen LogP contribution in [0.25, 0.3) is 11.0 Å². The lowest BCUT2D eigenvalue weighted by Crippen LogP contribution is -2.24. The number of likely N-dealkylation sites (tertiary alicyclic amines) is 1. The van der Waals surface area contributed by atoms with Crippen molar-refractivity contribution in [3.8, 4) is 0 Å². The second kappa shape index (κ2) is 6.55. The molecular formula is C21H21N3O. The van der Waals surface area contributed by atoms with Gasteiger partial charge in [0, 0.05) is 32.0 Å². The van der Waals surface area contributed by atoms with Crippen molar-refractivity contribution < 1.29 is 4.79 Å². The van der Waals surface area contributed by atoms with Crippen molar-refractivity contribution in [1.82, 2.24) is 14.5 Å². The largest absolute Gasteiger partial charge is 0.338 e. The van der Waals surface area contributed by atoms with Crippen LogP contribution in [-0.2, 0) is 17.9 Å². The topological polar surface area (TPSA) is 38.1 Å². The quantitative estimate of drug-likeness (QED) is 0.668. The van der Waals surface area contributed by atoms with Crippen molar-refractivity contribution in [3.05, 3.63) is 78.6 Å². The lowest BCUT2D eigenvalue weighted by molar-refractivity contribution is -0.128. The zero-order valence-electron chi connectivity index (χ0n) is 14.1. The number of fused-ring (bicyclic) bond motifs is 1. The first-order chi connectivity index (χ1) is 12.3. The highest BCUT2D eigenvalue weighted by Crippen LogP contribution is 2.31. The normalized spacial score (nSPS) is 17.4. The third-order valence-corrected chi connectivity index (χ3v) is 4.79. The molecule has 0 saturated carbocycles. The van der Waals surface area contributed by atoms with Crippen LogP contribution in [0.2, 0.25) is 0 Å². The Balaban J connectivity index is 1.62. The summed E-state index contributed by atoms with van der Waals surface area (Å²) in [5.41, 5.74) is 3.25. The second-order valence-corrected chi connectivity index (χ2v) is 6.52. The molecule has 1 aromatic heterocycles. The molecule has 0 N–H and O–H groups in total. The lowest BCUT2D eigenvalue weighted by atomic mass is 10.1. The van der Waals surface area contributed by atoms with Gasteiger partial charge in [0.1, 0.15) is 5.82 Å². The Morgan fingerprint density at radius 2 is 1.88 bits per heavy atom. The molecule has 2 heterocycles. The molecule has 1 amide bonds.